The maximum absolute atomic E-state index is 11.4. The van der Waals surface area contributed by atoms with E-state index in [-0.39, 0.29) is 11.3 Å². The lowest BCUT2D eigenvalue weighted by molar-refractivity contribution is 0.0695. The van der Waals surface area contributed by atoms with Crippen molar-refractivity contribution < 1.29 is 15.0 Å². The third kappa shape index (κ3) is 2.17. The summed E-state index contributed by atoms with van der Waals surface area (Å²) < 4.78 is 0. The number of carbonyl (C=O) groups is 1. The molecule has 0 atom stereocenters. The lowest BCUT2D eigenvalue weighted by atomic mass is 10.1. The van der Waals surface area contributed by atoms with Crippen LogP contribution in [0.4, 0.5) is 0 Å². The van der Waals surface area contributed by atoms with Gasteiger partial charge in [-0.25, -0.2) is 4.79 Å². The number of hydrogen-bond acceptors (Lipinski definition) is 3. The number of aromatic amines is 1. The molecule has 5 nitrogen and oxygen atoms in total. The fourth-order valence-electron chi connectivity index (χ4n) is 1.48. The molecule has 86 valence electrons. The monoisotopic (exact) mass is 231 g/mol. The second-order valence-corrected chi connectivity index (χ2v) is 3.47. The molecule has 0 bridgehead atoms. The van der Waals surface area contributed by atoms with Crippen LogP contribution in [-0.2, 0) is 0 Å². The Morgan fingerprint density at radius 2 is 1.94 bits per heavy atom. The maximum atomic E-state index is 11.4. The molecule has 0 saturated heterocycles. The number of benzene rings is 1. The van der Waals surface area contributed by atoms with E-state index in [9.17, 15) is 14.7 Å². The topological polar surface area (TPSA) is 90.4 Å². The van der Waals surface area contributed by atoms with E-state index in [4.69, 9.17) is 5.11 Å². The molecule has 2 rings (SSSR count). The quantitative estimate of drug-likeness (QED) is 0.729. The number of H-pyrrole nitrogens is 1. The number of carboxylic acid groups (broad SMARTS) is 1. The molecule has 0 fully saturated rings. The highest BCUT2D eigenvalue weighted by Crippen LogP contribution is 2.20. The first-order chi connectivity index (χ1) is 8.08. The Balaban J connectivity index is 2.52. The molecule has 0 amide bonds. The Bertz CT molecular complexity index is 630. The van der Waals surface area contributed by atoms with Gasteiger partial charge in [0.2, 0.25) is 0 Å². The van der Waals surface area contributed by atoms with E-state index in [0.29, 0.717) is 11.3 Å². The molecule has 1 heterocycles. The summed E-state index contributed by atoms with van der Waals surface area (Å²) in [5, 5.41) is 18.0. The molecule has 0 aliphatic heterocycles. The van der Waals surface area contributed by atoms with Crippen LogP contribution in [0.25, 0.3) is 11.3 Å². The largest absolute Gasteiger partial charge is 0.508 e. The molecule has 1 aromatic carbocycles. The Labute approximate surface area is 96.0 Å². The number of pyridine rings is 1. The highest BCUT2D eigenvalue weighted by molar-refractivity contribution is 5.87. The van der Waals surface area contributed by atoms with Crippen LogP contribution in [0.3, 0.4) is 0 Å². The molecule has 5 heteroatoms. The van der Waals surface area contributed by atoms with Gasteiger partial charge >= 0.3 is 5.97 Å². The van der Waals surface area contributed by atoms with E-state index in [2.05, 4.69) is 4.98 Å². The number of nitrogens with one attached hydrogen (secondary N) is 1. The van der Waals surface area contributed by atoms with Crippen molar-refractivity contribution in [1.82, 2.24) is 4.98 Å². The summed E-state index contributed by atoms with van der Waals surface area (Å²) in [6.07, 6.45) is 0. The Morgan fingerprint density at radius 1 is 1.18 bits per heavy atom. The van der Waals surface area contributed by atoms with Gasteiger partial charge in [-0.1, -0.05) is 12.1 Å². The molecule has 0 unspecified atom stereocenters. The van der Waals surface area contributed by atoms with Gasteiger partial charge in [-0.2, -0.15) is 0 Å². The number of phenols is 1. The molecule has 17 heavy (non-hydrogen) atoms. The lowest BCUT2D eigenvalue weighted by Crippen LogP contribution is -2.17. The summed E-state index contributed by atoms with van der Waals surface area (Å²) in [6.45, 7) is 0. The zero-order valence-corrected chi connectivity index (χ0v) is 8.68. The van der Waals surface area contributed by atoms with Gasteiger partial charge in [0.15, 0.2) is 0 Å². The van der Waals surface area contributed by atoms with Gasteiger partial charge < -0.3 is 15.2 Å². The van der Waals surface area contributed by atoms with Gasteiger partial charge in [-0.15, -0.1) is 0 Å². The molecule has 0 aliphatic rings. The first-order valence-electron chi connectivity index (χ1n) is 4.84. The molecule has 2 aromatic rings. The van der Waals surface area contributed by atoms with Gasteiger partial charge in [-0.05, 0) is 24.3 Å². The lowest BCUT2D eigenvalue weighted by Gasteiger charge is -2.02. The zero-order chi connectivity index (χ0) is 12.4. The van der Waals surface area contributed by atoms with E-state index in [1.54, 1.807) is 12.1 Å². The number of hydrogen-bond donors (Lipinski definition) is 3. The second kappa shape index (κ2) is 4.13. The minimum absolute atomic E-state index is 0.0747. The number of rotatable bonds is 2. The first-order valence-corrected chi connectivity index (χ1v) is 4.84. The van der Waals surface area contributed by atoms with E-state index in [0.717, 1.165) is 0 Å². The van der Waals surface area contributed by atoms with E-state index >= 15 is 0 Å². The molecule has 0 spiro atoms. The number of aromatic carboxylic acids is 1. The predicted octanol–water partition coefficient (Wildman–Crippen LogP) is 1.45. The Morgan fingerprint density at radius 3 is 2.53 bits per heavy atom. The fourth-order valence-corrected chi connectivity index (χ4v) is 1.48. The number of aromatic nitrogens is 1. The van der Waals surface area contributed by atoms with Crippen molar-refractivity contribution in [2.45, 2.75) is 0 Å². The Hall–Kier alpha value is -2.56. The smallest absolute Gasteiger partial charge is 0.341 e. The minimum atomic E-state index is -1.27. The highest BCUT2D eigenvalue weighted by atomic mass is 16.4. The van der Waals surface area contributed by atoms with Gasteiger partial charge in [-0.3, -0.25) is 4.79 Å². The van der Waals surface area contributed by atoms with Crippen LogP contribution in [0.1, 0.15) is 10.4 Å². The second-order valence-electron chi connectivity index (χ2n) is 3.47. The van der Waals surface area contributed by atoms with Crippen LogP contribution in [0.15, 0.2) is 41.2 Å². The van der Waals surface area contributed by atoms with Crippen molar-refractivity contribution in [3.63, 3.8) is 0 Å². The fraction of sp³-hybridized carbons (Fsp3) is 0. The SMILES string of the molecule is O=C(O)c1ccc(-c2cccc(O)c2)[nH]c1=O. The number of phenolic OH excluding ortho intramolecular Hbond substituents is 1. The van der Waals surface area contributed by atoms with Crippen LogP contribution in [0, 0.1) is 0 Å². The summed E-state index contributed by atoms with van der Waals surface area (Å²) in [7, 11) is 0. The maximum Gasteiger partial charge on any atom is 0.341 e. The van der Waals surface area contributed by atoms with E-state index < -0.39 is 11.5 Å². The molecule has 0 aliphatic carbocycles. The summed E-state index contributed by atoms with van der Waals surface area (Å²) >= 11 is 0. The average molecular weight is 231 g/mol. The first kappa shape index (κ1) is 10.9. The summed E-state index contributed by atoms with van der Waals surface area (Å²) in [4.78, 5) is 24.6. The zero-order valence-electron chi connectivity index (χ0n) is 8.68. The van der Waals surface area contributed by atoms with Crippen molar-refractivity contribution in [2.75, 3.05) is 0 Å². The number of carboxylic acids is 1. The van der Waals surface area contributed by atoms with Crippen molar-refractivity contribution in [3.8, 4) is 17.0 Å². The normalized spacial score (nSPS) is 10.1. The third-order valence-electron chi connectivity index (χ3n) is 2.30. The van der Waals surface area contributed by atoms with Gasteiger partial charge in [0.25, 0.3) is 5.56 Å². The molecular weight excluding hydrogens is 222 g/mol. The van der Waals surface area contributed by atoms with E-state index in [1.807, 2.05) is 0 Å². The van der Waals surface area contributed by atoms with Crippen molar-refractivity contribution in [2.24, 2.45) is 0 Å². The molecular formula is C12H9NO4. The van der Waals surface area contributed by atoms with Crippen LogP contribution in [-0.4, -0.2) is 21.2 Å². The van der Waals surface area contributed by atoms with Crippen LogP contribution in [0.2, 0.25) is 0 Å². The average Bonchev–Trinajstić information content (AvgIpc) is 2.28. The molecule has 0 radical (unpaired) electrons. The molecule has 3 N–H and O–H groups in total. The minimum Gasteiger partial charge on any atom is -0.508 e. The van der Waals surface area contributed by atoms with Crippen LogP contribution >= 0.6 is 0 Å². The van der Waals surface area contributed by atoms with Crippen LogP contribution < -0.4 is 5.56 Å². The summed E-state index contributed by atoms with van der Waals surface area (Å²) in [5.41, 5.74) is 0.0854. The van der Waals surface area contributed by atoms with Crippen molar-refractivity contribution in [3.05, 3.63) is 52.3 Å². The third-order valence-corrected chi connectivity index (χ3v) is 2.30. The van der Waals surface area contributed by atoms with E-state index in [1.165, 1.54) is 24.3 Å². The highest BCUT2D eigenvalue weighted by Gasteiger charge is 2.09. The molecule has 0 saturated carbocycles. The summed E-state index contributed by atoms with van der Waals surface area (Å²) in [6, 6.07) is 9.04. The van der Waals surface area contributed by atoms with Crippen LogP contribution in [0.5, 0.6) is 5.75 Å². The number of aromatic hydroxyl groups is 1. The van der Waals surface area contributed by atoms with Gasteiger partial charge in [0, 0.05) is 11.3 Å². The van der Waals surface area contributed by atoms with Gasteiger partial charge in [0.05, 0.1) is 0 Å². The standard InChI is InChI=1S/C12H9NO4/c14-8-3-1-2-7(6-8)10-5-4-9(12(16)17)11(15)13-10/h1-6,14H,(H,13,15)(H,16,17). The summed E-state index contributed by atoms with van der Waals surface area (Å²) in [5.74, 6) is -1.20. The van der Waals surface area contributed by atoms with Crippen molar-refractivity contribution in [1.29, 1.82) is 0 Å². The van der Waals surface area contributed by atoms with Gasteiger partial charge in [0.1, 0.15) is 11.3 Å². The van der Waals surface area contributed by atoms with Crippen molar-refractivity contribution >= 4 is 5.97 Å². The predicted molar refractivity (Wildman–Crippen MR) is 61.1 cm³/mol. The molecule has 1 aromatic heterocycles. The Kier molecular flexibility index (Phi) is 2.66.